The quantitative estimate of drug-likeness (QED) is 0.719. The molecule has 1 saturated heterocycles. The highest BCUT2D eigenvalue weighted by molar-refractivity contribution is 5.78. The molecule has 0 saturated carbocycles. The zero-order valence-electron chi connectivity index (χ0n) is 17.0. The Morgan fingerprint density at radius 3 is 2.52 bits per heavy atom. The van der Waals surface area contributed by atoms with Crippen molar-refractivity contribution in [2.24, 2.45) is 5.92 Å². The number of nitrogens with zero attached hydrogens (tertiary/aromatic N) is 2. The Bertz CT molecular complexity index is 918. The third-order valence-electron chi connectivity index (χ3n) is 5.39. The normalized spacial score (nSPS) is 15.3. The molecule has 1 heterocycles. The van der Waals surface area contributed by atoms with E-state index in [0.717, 1.165) is 32.1 Å². The highest BCUT2D eigenvalue weighted by Crippen LogP contribution is 2.28. The van der Waals surface area contributed by atoms with Crippen molar-refractivity contribution < 1.29 is 22.7 Å². The lowest BCUT2D eigenvalue weighted by Crippen LogP contribution is -2.41. The molecule has 0 bridgehead atoms. The highest BCUT2D eigenvalue weighted by atomic mass is 19.4. The summed E-state index contributed by atoms with van der Waals surface area (Å²) in [7, 11) is 0. The van der Waals surface area contributed by atoms with Crippen molar-refractivity contribution in [2.45, 2.75) is 32.2 Å². The molecule has 2 aromatic carbocycles. The van der Waals surface area contributed by atoms with Crippen LogP contribution in [0, 0.1) is 17.2 Å². The van der Waals surface area contributed by atoms with Crippen LogP contribution >= 0.6 is 0 Å². The van der Waals surface area contributed by atoms with E-state index in [1.54, 1.807) is 6.07 Å². The van der Waals surface area contributed by atoms with E-state index in [4.69, 9.17) is 5.26 Å². The van der Waals surface area contributed by atoms with E-state index in [1.807, 2.05) is 18.2 Å². The van der Waals surface area contributed by atoms with Crippen LogP contribution in [-0.2, 0) is 17.8 Å². The lowest BCUT2D eigenvalue weighted by atomic mass is 9.95. The first kappa shape index (κ1) is 22.6. The minimum absolute atomic E-state index is 0.0530. The molecule has 0 atom stereocenters. The lowest BCUT2D eigenvalue weighted by molar-refractivity contribution is -0.274. The summed E-state index contributed by atoms with van der Waals surface area (Å²) in [5.74, 6) is -0.814. The summed E-state index contributed by atoms with van der Waals surface area (Å²) in [6, 6.07) is 15.8. The van der Waals surface area contributed by atoms with E-state index in [0.29, 0.717) is 12.8 Å². The van der Waals surface area contributed by atoms with Crippen LogP contribution in [0.25, 0.3) is 0 Å². The summed E-state index contributed by atoms with van der Waals surface area (Å²) in [5.41, 5.74) is 1.50. The minimum Gasteiger partial charge on any atom is -0.405 e. The first-order valence-corrected chi connectivity index (χ1v) is 10.2. The van der Waals surface area contributed by atoms with Crippen molar-refractivity contribution >= 4 is 5.91 Å². The average Bonchev–Trinajstić information content (AvgIpc) is 2.76. The number of rotatable bonds is 7. The molecule has 31 heavy (non-hydrogen) atoms. The molecule has 3 rings (SSSR count). The van der Waals surface area contributed by atoms with Crippen LogP contribution in [0.15, 0.2) is 48.5 Å². The fourth-order valence-corrected chi connectivity index (χ4v) is 3.67. The third-order valence-corrected chi connectivity index (χ3v) is 5.39. The molecule has 1 amide bonds. The highest BCUT2D eigenvalue weighted by Gasteiger charge is 2.32. The Morgan fingerprint density at radius 2 is 1.87 bits per heavy atom. The fourth-order valence-electron chi connectivity index (χ4n) is 3.67. The molecule has 1 N–H and O–H groups in total. The van der Waals surface area contributed by atoms with Gasteiger partial charge in [-0.3, -0.25) is 4.79 Å². The number of hydrogen-bond donors (Lipinski definition) is 1. The number of piperidine rings is 1. The largest absolute Gasteiger partial charge is 0.573 e. The van der Waals surface area contributed by atoms with Gasteiger partial charge in [0, 0.05) is 24.6 Å². The Kier molecular flexibility index (Phi) is 7.53. The molecule has 0 spiro atoms. The Morgan fingerprint density at radius 1 is 1.16 bits per heavy atom. The van der Waals surface area contributed by atoms with Crippen LogP contribution in [0.2, 0.25) is 0 Å². The Hall–Kier alpha value is -3.05. The predicted molar refractivity (Wildman–Crippen MR) is 109 cm³/mol. The number of carbonyl (C=O) groups excluding carboxylic acids is 1. The topological polar surface area (TPSA) is 65.4 Å². The number of alkyl halides is 3. The second-order valence-electron chi connectivity index (χ2n) is 7.55. The number of nitrogens with one attached hydrogen (secondary N) is 1. The van der Waals surface area contributed by atoms with Crippen LogP contribution in [0.4, 0.5) is 13.2 Å². The number of carbonyl (C=O) groups is 1. The maximum atomic E-state index is 12.7. The monoisotopic (exact) mass is 431 g/mol. The van der Waals surface area contributed by atoms with Crippen LogP contribution in [-0.4, -0.2) is 36.8 Å². The number of halogens is 3. The summed E-state index contributed by atoms with van der Waals surface area (Å²) in [6.07, 6.45) is -2.50. The molecule has 8 heteroatoms. The van der Waals surface area contributed by atoms with Crippen LogP contribution in [0.1, 0.15) is 29.5 Å². The van der Waals surface area contributed by atoms with Crippen LogP contribution in [0.5, 0.6) is 5.75 Å². The molecular formula is C23H24F3N3O2. The van der Waals surface area contributed by atoms with Crippen molar-refractivity contribution in [3.63, 3.8) is 0 Å². The summed E-state index contributed by atoms with van der Waals surface area (Å²) in [5, 5.41) is 11.6. The van der Waals surface area contributed by atoms with Gasteiger partial charge in [0.2, 0.25) is 5.91 Å². The molecular weight excluding hydrogens is 407 g/mol. The maximum Gasteiger partial charge on any atom is 0.573 e. The van der Waals surface area contributed by atoms with Crippen molar-refractivity contribution in [2.75, 3.05) is 19.6 Å². The first-order valence-electron chi connectivity index (χ1n) is 10.2. The van der Waals surface area contributed by atoms with Gasteiger partial charge in [0.1, 0.15) is 5.75 Å². The van der Waals surface area contributed by atoms with Gasteiger partial charge in [-0.2, -0.15) is 5.26 Å². The average molecular weight is 431 g/mol. The maximum absolute atomic E-state index is 12.7. The Labute approximate surface area is 179 Å². The van der Waals surface area contributed by atoms with Gasteiger partial charge in [-0.1, -0.05) is 36.4 Å². The molecule has 1 aliphatic heterocycles. The molecule has 0 radical (unpaired) electrons. The van der Waals surface area contributed by atoms with E-state index in [9.17, 15) is 18.0 Å². The third kappa shape index (κ3) is 7.00. The molecule has 1 fully saturated rings. The number of nitriles is 1. The number of ether oxygens (including phenoxy) is 1. The van der Waals surface area contributed by atoms with Gasteiger partial charge in [-0.25, -0.2) is 0 Å². The summed E-state index contributed by atoms with van der Waals surface area (Å²) in [6.45, 7) is 2.46. The molecule has 2 aromatic rings. The smallest absolute Gasteiger partial charge is 0.405 e. The molecule has 5 nitrogen and oxygen atoms in total. The zero-order chi connectivity index (χ0) is 22.3. The second kappa shape index (κ2) is 10.3. The SMILES string of the molecule is N#Cc1ccc(CNC(=O)C2CCN(CCc3ccccc3)CC2)c(OC(F)(F)F)c1. The Balaban J connectivity index is 1.49. The predicted octanol–water partition coefficient (Wildman–Crippen LogP) is 4.03. The van der Waals surface area contributed by atoms with Crippen molar-refractivity contribution in [3.05, 3.63) is 65.2 Å². The molecule has 164 valence electrons. The first-order chi connectivity index (χ1) is 14.8. The standard InChI is InChI=1S/C23H24F3N3O2/c24-23(25,26)31-21-14-18(15-27)6-7-20(21)16-28-22(30)19-9-12-29(13-10-19)11-8-17-4-2-1-3-5-17/h1-7,14,19H,8-13,16H2,(H,28,30). The second-order valence-corrected chi connectivity index (χ2v) is 7.55. The zero-order valence-corrected chi connectivity index (χ0v) is 17.0. The van der Waals surface area contributed by atoms with E-state index in [1.165, 1.54) is 17.7 Å². The van der Waals surface area contributed by atoms with Gasteiger partial charge in [-0.05, 0) is 50.0 Å². The summed E-state index contributed by atoms with van der Waals surface area (Å²) in [4.78, 5) is 14.9. The van der Waals surface area contributed by atoms with Crippen LogP contribution in [0.3, 0.4) is 0 Å². The van der Waals surface area contributed by atoms with Gasteiger partial charge in [0.15, 0.2) is 0 Å². The molecule has 0 aliphatic carbocycles. The summed E-state index contributed by atoms with van der Waals surface area (Å²) < 4.78 is 42.0. The van der Waals surface area contributed by atoms with E-state index < -0.39 is 12.1 Å². The lowest BCUT2D eigenvalue weighted by Gasteiger charge is -2.31. The molecule has 0 aromatic heterocycles. The van der Waals surface area contributed by atoms with Gasteiger partial charge in [-0.15, -0.1) is 13.2 Å². The molecule has 1 aliphatic rings. The van der Waals surface area contributed by atoms with Crippen LogP contribution < -0.4 is 10.1 Å². The van der Waals surface area contributed by atoms with E-state index >= 15 is 0 Å². The number of hydrogen-bond acceptors (Lipinski definition) is 4. The number of amides is 1. The minimum atomic E-state index is -4.88. The number of likely N-dealkylation sites (tertiary alicyclic amines) is 1. The fraction of sp³-hybridized carbons (Fsp3) is 0.391. The van der Waals surface area contributed by atoms with Crippen molar-refractivity contribution in [3.8, 4) is 11.8 Å². The van der Waals surface area contributed by atoms with Gasteiger partial charge in [0.25, 0.3) is 0 Å². The summed E-state index contributed by atoms with van der Waals surface area (Å²) >= 11 is 0. The molecule has 0 unspecified atom stereocenters. The van der Waals surface area contributed by atoms with Gasteiger partial charge in [0.05, 0.1) is 11.6 Å². The van der Waals surface area contributed by atoms with Gasteiger partial charge < -0.3 is 15.0 Å². The number of benzene rings is 2. The van der Waals surface area contributed by atoms with Crippen molar-refractivity contribution in [1.29, 1.82) is 5.26 Å². The van der Waals surface area contributed by atoms with Crippen molar-refractivity contribution in [1.82, 2.24) is 10.2 Å². The van der Waals surface area contributed by atoms with E-state index in [2.05, 4.69) is 27.1 Å². The van der Waals surface area contributed by atoms with Gasteiger partial charge >= 0.3 is 6.36 Å². The van der Waals surface area contributed by atoms with E-state index in [-0.39, 0.29) is 29.5 Å².